The van der Waals surface area contributed by atoms with E-state index in [1.807, 2.05) is 18.2 Å². The van der Waals surface area contributed by atoms with Gasteiger partial charge in [0, 0.05) is 16.8 Å². The van der Waals surface area contributed by atoms with E-state index in [0.717, 1.165) is 5.56 Å². The normalized spacial score (nSPS) is 10.8. The second kappa shape index (κ2) is 8.71. The van der Waals surface area contributed by atoms with Crippen molar-refractivity contribution in [1.29, 1.82) is 0 Å². The molecular weight excluding hydrogens is 392 g/mol. The summed E-state index contributed by atoms with van der Waals surface area (Å²) in [7, 11) is 1.30. The number of rotatable bonds is 7. The minimum Gasteiger partial charge on any atom is -0.493 e. The summed E-state index contributed by atoms with van der Waals surface area (Å²) in [5.74, 6) is -0.558. The van der Waals surface area contributed by atoms with Crippen LogP contribution in [0.5, 0.6) is 11.5 Å². The first-order valence-corrected chi connectivity index (χ1v) is 8.53. The number of nitrogens with one attached hydrogen (secondary N) is 1. The first-order valence-electron chi connectivity index (χ1n) is 8.15. The molecule has 6 nitrogen and oxygen atoms in total. The molecule has 0 bridgehead atoms. The Balaban J connectivity index is 1.69. The number of hydrogen-bond donors (Lipinski definition) is 1. The van der Waals surface area contributed by atoms with Crippen LogP contribution in [0.1, 0.15) is 15.9 Å². The second-order valence-electron chi connectivity index (χ2n) is 5.75. The van der Waals surface area contributed by atoms with E-state index in [1.54, 1.807) is 16.9 Å². The minimum atomic E-state index is -2.99. The highest BCUT2D eigenvalue weighted by Gasteiger charge is 2.15. The standard InChI is InChI=1S/C19H16ClF2N3O3/c1-27-17-8-13(5-6-16(17)28-19(21)22)18(26)24-15-9-23-25(11-15)10-12-3-2-4-14(20)7-12/h2-9,11,19H,10H2,1H3,(H,24,26). The van der Waals surface area contributed by atoms with E-state index in [-0.39, 0.29) is 17.1 Å². The number of amides is 1. The SMILES string of the molecule is COc1cc(C(=O)Nc2cnn(Cc3cccc(Cl)c3)c2)ccc1OC(F)F. The molecule has 0 aliphatic carbocycles. The molecule has 0 aliphatic rings. The van der Waals surface area contributed by atoms with Crippen molar-refractivity contribution in [1.82, 2.24) is 9.78 Å². The van der Waals surface area contributed by atoms with Gasteiger partial charge in [-0.15, -0.1) is 0 Å². The molecule has 0 aliphatic heterocycles. The van der Waals surface area contributed by atoms with E-state index in [1.165, 1.54) is 31.5 Å². The van der Waals surface area contributed by atoms with E-state index in [0.29, 0.717) is 17.3 Å². The number of aromatic nitrogens is 2. The van der Waals surface area contributed by atoms with Crippen LogP contribution in [-0.2, 0) is 6.54 Å². The maximum absolute atomic E-state index is 12.4. The zero-order valence-electron chi connectivity index (χ0n) is 14.7. The van der Waals surface area contributed by atoms with Gasteiger partial charge in [0.2, 0.25) is 0 Å². The Hall–Kier alpha value is -3.13. The highest BCUT2D eigenvalue weighted by atomic mass is 35.5. The molecule has 3 aromatic rings. The lowest BCUT2D eigenvalue weighted by molar-refractivity contribution is -0.0512. The first kappa shape index (κ1) is 19.6. The molecule has 146 valence electrons. The van der Waals surface area contributed by atoms with Gasteiger partial charge in [-0.3, -0.25) is 9.48 Å². The van der Waals surface area contributed by atoms with Crippen LogP contribution in [0.3, 0.4) is 0 Å². The highest BCUT2D eigenvalue weighted by Crippen LogP contribution is 2.29. The summed E-state index contributed by atoms with van der Waals surface area (Å²) in [6.07, 6.45) is 3.18. The molecule has 0 saturated heterocycles. The zero-order chi connectivity index (χ0) is 20.1. The molecule has 1 aromatic heterocycles. The molecular formula is C19H16ClF2N3O3. The van der Waals surface area contributed by atoms with E-state index >= 15 is 0 Å². The Morgan fingerprint density at radius 3 is 2.79 bits per heavy atom. The average molecular weight is 408 g/mol. The van der Waals surface area contributed by atoms with Crippen LogP contribution >= 0.6 is 11.6 Å². The fourth-order valence-corrected chi connectivity index (χ4v) is 2.76. The van der Waals surface area contributed by atoms with Gasteiger partial charge in [0.1, 0.15) is 0 Å². The van der Waals surface area contributed by atoms with Gasteiger partial charge in [0.05, 0.1) is 25.5 Å². The summed E-state index contributed by atoms with van der Waals surface area (Å²) < 4.78 is 35.8. The van der Waals surface area contributed by atoms with Crippen molar-refractivity contribution >= 4 is 23.2 Å². The monoisotopic (exact) mass is 407 g/mol. The largest absolute Gasteiger partial charge is 0.493 e. The molecule has 0 spiro atoms. The number of benzene rings is 2. The van der Waals surface area contributed by atoms with Crippen molar-refractivity contribution in [2.24, 2.45) is 0 Å². The predicted molar refractivity (Wildman–Crippen MR) is 100 cm³/mol. The van der Waals surface area contributed by atoms with Crippen LogP contribution in [0.15, 0.2) is 54.9 Å². The van der Waals surface area contributed by atoms with Crippen LogP contribution in [0.2, 0.25) is 5.02 Å². The number of anilines is 1. The van der Waals surface area contributed by atoms with Crippen LogP contribution in [-0.4, -0.2) is 29.4 Å². The fourth-order valence-electron chi connectivity index (χ4n) is 2.54. The minimum absolute atomic E-state index is 0.0320. The molecule has 1 N–H and O–H groups in total. The van der Waals surface area contributed by atoms with Crippen LogP contribution in [0.25, 0.3) is 0 Å². The molecule has 1 heterocycles. The number of carbonyl (C=O) groups is 1. The maximum Gasteiger partial charge on any atom is 0.387 e. The number of methoxy groups -OCH3 is 1. The lowest BCUT2D eigenvalue weighted by Crippen LogP contribution is -2.12. The van der Waals surface area contributed by atoms with Crippen molar-refractivity contribution in [2.75, 3.05) is 12.4 Å². The Bertz CT molecular complexity index is 979. The number of carbonyl (C=O) groups excluding carboxylic acids is 1. The Labute approximate surface area is 164 Å². The van der Waals surface area contributed by atoms with Gasteiger partial charge in [0.15, 0.2) is 11.5 Å². The third-order valence-corrected chi connectivity index (χ3v) is 4.00. The van der Waals surface area contributed by atoms with E-state index < -0.39 is 12.5 Å². The molecule has 0 saturated carbocycles. The van der Waals surface area contributed by atoms with Crippen molar-refractivity contribution in [2.45, 2.75) is 13.2 Å². The molecule has 9 heteroatoms. The van der Waals surface area contributed by atoms with E-state index in [4.69, 9.17) is 16.3 Å². The number of nitrogens with zero attached hydrogens (tertiary/aromatic N) is 2. The Morgan fingerprint density at radius 1 is 1.25 bits per heavy atom. The smallest absolute Gasteiger partial charge is 0.387 e. The van der Waals surface area contributed by atoms with Crippen LogP contribution in [0.4, 0.5) is 14.5 Å². The Kier molecular flexibility index (Phi) is 6.10. The third kappa shape index (κ3) is 4.98. The molecule has 0 radical (unpaired) electrons. The van der Waals surface area contributed by atoms with Crippen molar-refractivity contribution < 1.29 is 23.0 Å². The van der Waals surface area contributed by atoms with E-state index in [9.17, 15) is 13.6 Å². The third-order valence-electron chi connectivity index (χ3n) is 3.77. The molecule has 0 atom stereocenters. The van der Waals surface area contributed by atoms with Gasteiger partial charge < -0.3 is 14.8 Å². The molecule has 3 rings (SSSR count). The topological polar surface area (TPSA) is 65.4 Å². The first-order chi connectivity index (χ1) is 13.4. The summed E-state index contributed by atoms with van der Waals surface area (Å²) >= 11 is 5.97. The van der Waals surface area contributed by atoms with Gasteiger partial charge >= 0.3 is 6.61 Å². The van der Waals surface area contributed by atoms with Crippen molar-refractivity contribution in [3.05, 3.63) is 71.0 Å². The summed E-state index contributed by atoms with van der Waals surface area (Å²) in [6.45, 7) is -2.50. The van der Waals surface area contributed by atoms with Crippen LogP contribution in [0, 0.1) is 0 Å². The summed E-state index contributed by atoms with van der Waals surface area (Å²) in [5.41, 5.74) is 1.67. The average Bonchev–Trinajstić information content (AvgIpc) is 3.08. The molecule has 1 amide bonds. The zero-order valence-corrected chi connectivity index (χ0v) is 15.5. The van der Waals surface area contributed by atoms with Gasteiger partial charge in [0.25, 0.3) is 5.91 Å². The Morgan fingerprint density at radius 2 is 2.07 bits per heavy atom. The van der Waals surface area contributed by atoms with Crippen molar-refractivity contribution in [3.63, 3.8) is 0 Å². The van der Waals surface area contributed by atoms with Crippen molar-refractivity contribution in [3.8, 4) is 11.5 Å². The summed E-state index contributed by atoms with van der Waals surface area (Å²) in [6, 6.07) is 11.3. The lowest BCUT2D eigenvalue weighted by Gasteiger charge is -2.11. The fraction of sp³-hybridized carbons (Fsp3) is 0.158. The summed E-state index contributed by atoms with van der Waals surface area (Å²) in [5, 5.41) is 7.52. The maximum atomic E-state index is 12.4. The number of alkyl halides is 2. The van der Waals surface area contributed by atoms with Gasteiger partial charge in [-0.05, 0) is 35.9 Å². The summed E-state index contributed by atoms with van der Waals surface area (Å²) in [4.78, 5) is 12.4. The predicted octanol–water partition coefficient (Wildman–Crippen LogP) is 4.45. The highest BCUT2D eigenvalue weighted by molar-refractivity contribution is 6.30. The molecule has 0 fully saturated rings. The molecule has 28 heavy (non-hydrogen) atoms. The second-order valence-corrected chi connectivity index (χ2v) is 6.19. The number of halogens is 3. The van der Waals surface area contributed by atoms with Gasteiger partial charge in [-0.2, -0.15) is 13.9 Å². The number of hydrogen-bond acceptors (Lipinski definition) is 4. The van der Waals surface area contributed by atoms with E-state index in [2.05, 4.69) is 15.2 Å². The lowest BCUT2D eigenvalue weighted by atomic mass is 10.2. The van der Waals surface area contributed by atoms with Crippen LogP contribution < -0.4 is 14.8 Å². The quantitative estimate of drug-likeness (QED) is 0.628. The molecule has 2 aromatic carbocycles. The molecule has 0 unspecified atom stereocenters. The number of ether oxygens (including phenoxy) is 2. The van der Waals surface area contributed by atoms with Gasteiger partial charge in [-0.25, -0.2) is 0 Å². The van der Waals surface area contributed by atoms with Gasteiger partial charge in [-0.1, -0.05) is 23.7 Å².